The lowest BCUT2D eigenvalue weighted by molar-refractivity contribution is -0.126. The molecule has 2 aromatic rings. The fourth-order valence-electron chi connectivity index (χ4n) is 1.50. The van der Waals surface area contributed by atoms with Gasteiger partial charge in [0.05, 0.1) is 5.69 Å². The Balaban J connectivity index is 2.02. The average Bonchev–Trinajstić information content (AvgIpc) is 2.86. The summed E-state index contributed by atoms with van der Waals surface area (Å²) < 4.78 is 1.02. The molecule has 7 heteroatoms. The van der Waals surface area contributed by atoms with Gasteiger partial charge in [-0.15, -0.1) is 11.3 Å². The standard InChI is InChI=1S/C15H16BrN3OS2/c1-15(2,3)12(20)18-13(21)19-14-17-11(8-22-14)9-4-6-10(16)7-5-9/h4-8H,1-3H3,(H2,17,18,19,20,21). The van der Waals surface area contributed by atoms with Crippen molar-refractivity contribution in [2.45, 2.75) is 20.8 Å². The Morgan fingerprint density at radius 2 is 1.91 bits per heavy atom. The first-order valence-electron chi connectivity index (χ1n) is 6.59. The minimum Gasteiger partial charge on any atom is -0.308 e. The Kier molecular flexibility index (Phi) is 5.31. The summed E-state index contributed by atoms with van der Waals surface area (Å²) >= 11 is 9.99. The average molecular weight is 398 g/mol. The van der Waals surface area contributed by atoms with Crippen molar-refractivity contribution >= 4 is 55.6 Å². The summed E-state index contributed by atoms with van der Waals surface area (Å²) in [5.41, 5.74) is 1.40. The highest BCUT2D eigenvalue weighted by Gasteiger charge is 2.22. The molecule has 0 aliphatic heterocycles. The van der Waals surface area contributed by atoms with E-state index in [1.807, 2.05) is 50.4 Å². The lowest BCUT2D eigenvalue weighted by Gasteiger charge is -2.17. The lowest BCUT2D eigenvalue weighted by atomic mass is 9.96. The van der Waals surface area contributed by atoms with Gasteiger partial charge in [0.1, 0.15) is 0 Å². The van der Waals surface area contributed by atoms with Crippen LogP contribution in [0.15, 0.2) is 34.1 Å². The third-order valence-corrected chi connectivity index (χ3v) is 4.26. The molecule has 0 unspecified atom stereocenters. The SMILES string of the molecule is CC(C)(C)C(=O)NC(=S)Nc1nc(-c2ccc(Br)cc2)cs1. The zero-order valence-electron chi connectivity index (χ0n) is 12.4. The molecule has 116 valence electrons. The van der Waals surface area contributed by atoms with Gasteiger partial charge < -0.3 is 10.6 Å². The number of halogens is 1. The van der Waals surface area contributed by atoms with E-state index in [1.165, 1.54) is 11.3 Å². The smallest absolute Gasteiger partial charge is 0.231 e. The first-order valence-corrected chi connectivity index (χ1v) is 8.68. The summed E-state index contributed by atoms with van der Waals surface area (Å²) in [6.45, 7) is 5.50. The van der Waals surface area contributed by atoms with Crippen LogP contribution >= 0.6 is 39.5 Å². The largest absolute Gasteiger partial charge is 0.308 e. The van der Waals surface area contributed by atoms with Crippen LogP contribution in [0.1, 0.15) is 20.8 Å². The number of anilines is 1. The van der Waals surface area contributed by atoms with Crippen LogP contribution in [0.3, 0.4) is 0 Å². The number of nitrogens with zero attached hydrogens (tertiary/aromatic N) is 1. The van der Waals surface area contributed by atoms with Crippen molar-refractivity contribution in [1.29, 1.82) is 0 Å². The monoisotopic (exact) mass is 397 g/mol. The van der Waals surface area contributed by atoms with Crippen molar-refractivity contribution in [3.63, 3.8) is 0 Å². The normalized spacial score (nSPS) is 11.1. The van der Waals surface area contributed by atoms with Crippen molar-refractivity contribution in [1.82, 2.24) is 10.3 Å². The molecule has 0 radical (unpaired) electrons. The Labute approximate surface area is 147 Å². The Bertz CT molecular complexity index is 690. The predicted octanol–water partition coefficient (Wildman–Crippen LogP) is 4.43. The third-order valence-electron chi connectivity index (χ3n) is 2.77. The predicted molar refractivity (Wildman–Crippen MR) is 99.1 cm³/mol. The van der Waals surface area contributed by atoms with E-state index >= 15 is 0 Å². The maximum absolute atomic E-state index is 11.9. The molecule has 0 saturated carbocycles. The Morgan fingerprint density at radius 1 is 1.27 bits per heavy atom. The van der Waals surface area contributed by atoms with Crippen molar-refractivity contribution in [2.75, 3.05) is 5.32 Å². The molecular formula is C15H16BrN3OS2. The van der Waals surface area contributed by atoms with Gasteiger partial charge in [-0.05, 0) is 24.4 Å². The number of hydrogen-bond donors (Lipinski definition) is 2. The van der Waals surface area contributed by atoms with Gasteiger partial charge in [-0.3, -0.25) is 4.79 Å². The van der Waals surface area contributed by atoms with E-state index in [2.05, 4.69) is 31.5 Å². The van der Waals surface area contributed by atoms with Crippen molar-refractivity contribution in [3.8, 4) is 11.3 Å². The van der Waals surface area contributed by atoms with E-state index in [0.29, 0.717) is 5.13 Å². The van der Waals surface area contributed by atoms with Gasteiger partial charge in [-0.2, -0.15) is 0 Å². The quantitative estimate of drug-likeness (QED) is 0.735. The lowest BCUT2D eigenvalue weighted by Crippen LogP contribution is -2.41. The first kappa shape index (κ1) is 17.1. The summed E-state index contributed by atoms with van der Waals surface area (Å²) in [6, 6.07) is 7.91. The zero-order chi connectivity index (χ0) is 16.3. The number of carbonyl (C=O) groups is 1. The van der Waals surface area contributed by atoms with Crippen molar-refractivity contribution in [2.24, 2.45) is 5.41 Å². The molecule has 1 aromatic heterocycles. The molecule has 0 spiro atoms. The van der Waals surface area contributed by atoms with E-state index in [0.717, 1.165) is 15.7 Å². The minimum absolute atomic E-state index is 0.130. The van der Waals surface area contributed by atoms with Gasteiger partial charge in [-0.25, -0.2) is 4.98 Å². The highest BCUT2D eigenvalue weighted by atomic mass is 79.9. The Morgan fingerprint density at radius 3 is 2.50 bits per heavy atom. The maximum Gasteiger partial charge on any atom is 0.231 e. The van der Waals surface area contributed by atoms with E-state index in [4.69, 9.17) is 12.2 Å². The number of amides is 1. The van der Waals surface area contributed by atoms with Crippen LogP contribution < -0.4 is 10.6 Å². The fraction of sp³-hybridized carbons (Fsp3) is 0.267. The molecule has 0 atom stereocenters. The maximum atomic E-state index is 11.9. The molecule has 2 rings (SSSR count). The van der Waals surface area contributed by atoms with Gasteiger partial charge in [0.25, 0.3) is 0 Å². The second-order valence-electron chi connectivity index (χ2n) is 5.70. The molecule has 1 amide bonds. The van der Waals surface area contributed by atoms with Crippen LogP contribution in [0.25, 0.3) is 11.3 Å². The van der Waals surface area contributed by atoms with E-state index in [9.17, 15) is 4.79 Å². The molecular weight excluding hydrogens is 382 g/mol. The highest BCUT2D eigenvalue weighted by molar-refractivity contribution is 9.10. The van der Waals surface area contributed by atoms with Crippen LogP contribution in [0.5, 0.6) is 0 Å². The van der Waals surface area contributed by atoms with E-state index in [-0.39, 0.29) is 11.0 Å². The van der Waals surface area contributed by atoms with Gasteiger partial charge in [0.2, 0.25) is 5.91 Å². The van der Waals surface area contributed by atoms with Crippen LogP contribution in [0.2, 0.25) is 0 Å². The molecule has 0 aliphatic rings. The van der Waals surface area contributed by atoms with Gasteiger partial charge >= 0.3 is 0 Å². The molecule has 4 nitrogen and oxygen atoms in total. The topological polar surface area (TPSA) is 54.0 Å². The Hall–Kier alpha value is -1.31. The molecule has 0 bridgehead atoms. The number of aromatic nitrogens is 1. The molecule has 1 aromatic carbocycles. The number of hydrogen-bond acceptors (Lipinski definition) is 4. The van der Waals surface area contributed by atoms with E-state index < -0.39 is 5.41 Å². The third kappa shape index (κ3) is 4.59. The number of thiazole rings is 1. The van der Waals surface area contributed by atoms with Crippen LogP contribution in [-0.4, -0.2) is 16.0 Å². The summed E-state index contributed by atoms with van der Waals surface area (Å²) in [5, 5.41) is 8.47. The van der Waals surface area contributed by atoms with Gasteiger partial charge in [0, 0.05) is 20.8 Å². The number of benzene rings is 1. The van der Waals surface area contributed by atoms with Gasteiger partial charge in [-0.1, -0.05) is 48.8 Å². The number of rotatable bonds is 2. The fourth-order valence-corrected chi connectivity index (χ4v) is 2.75. The van der Waals surface area contributed by atoms with Crippen molar-refractivity contribution < 1.29 is 4.79 Å². The van der Waals surface area contributed by atoms with Gasteiger partial charge in [0.15, 0.2) is 10.2 Å². The van der Waals surface area contributed by atoms with Crippen LogP contribution in [-0.2, 0) is 4.79 Å². The number of nitrogens with one attached hydrogen (secondary N) is 2. The minimum atomic E-state index is -0.489. The summed E-state index contributed by atoms with van der Waals surface area (Å²) in [4.78, 5) is 16.3. The molecule has 1 heterocycles. The second kappa shape index (κ2) is 6.85. The molecule has 0 aliphatic carbocycles. The molecule has 0 saturated heterocycles. The number of thiocarbonyl (C=S) groups is 1. The molecule has 2 N–H and O–H groups in total. The highest BCUT2D eigenvalue weighted by Crippen LogP contribution is 2.26. The first-order chi connectivity index (χ1) is 10.3. The second-order valence-corrected chi connectivity index (χ2v) is 7.89. The van der Waals surface area contributed by atoms with E-state index in [1.54, 1.807) is 0 Å². The molecule has 22 heavy (non-hydrogen) atoms. The molecule has 0 fully saturated rings. The zero-order valence-corrected chi connectivity index (χ0v) is 15.7. The number of carbonyl (C=O) groups excluding carboxylic acids is 1. The summed E-state index contributed by atoms with van der Waals surface area (Å²) in [6.07, 6.45) is 0. The van der Waals surface area contributed by atoms with Crippen molar-refractivity contribution in [3.05, 3.63) is 34.1 Å². The summed E-state index contributed by atoms with van der Waals surface area (Å²) in [7, 11) is 0. The van der Waals surface area contributed by atoms with Crippen LogP contribution in [0.4, 0.5) is 5.13 Å². The summed E-state index contributed by atoms with van der Waals surface area (Å²) in [5.74, 6) is -0.130. The van der Waals surface area contributed by atoms with Crippen LogP contribution in [0, 0.1) is 5.41 Å².